The number of aryl methyl sites for hydroxylation is 1. The number of para-hydroxylation sites is 1. The normalized spacial score (nSPS) is 17.6. The van der Waals surface area contributed by atoms with E-state index in [0.717, 1.165) is 18.4 Å². The van der Waals surface area contributed by atoms with Crippen LogP contribution in [0, 0.1) is 6.92 Å². The van der Waals surface area contributed by atoms with Crippen LogP contribution in [0.1, 0.15) is 39.1 Å². The summed E-state index contributed by atoms with van der Waals surface area (Å²) in [5.74, 6) is -0.390. The predicted molar refractivity (Wildman–Crippen MR) is 116 cm³/mol. The van der Waals surface area contributed by atoms with E-state index in [4.69, 9.17) is 0 Å². The number of benzene rings is 2. The topological polar surface area (TPSA) is 92.3 Å². The number of piperidine rings is 1. The lowest BCUT2D eigenvalue weighted by molar-refractivity contribution is 0.102. The van der Waals surface area contributed by atoms with E-state index in [-0.39, 0.29) is 16.8 Å². The average molecular weight is 443 g/mol. The van der Waals surface area contributed by atoms with E-state index in [0.29, 0.717) is 28.7 Å². The number of rotatable bonds is 5. The van der Waals surface area contributed by atoms with Crippen LogP contribution in [0.2, 0.25) is 0 Å². The van der Waals surface area contributed by atoms with Gasteiger partial charge in [-0.1, -0.05) is 41.7 Å². The van der Waals surface area contributed by atoms with Gasteiger partial charge in [0.15, 0.2) is 0 Å². The van der Waals surface area contributed by atoms with Crippen molar-refractivity contribution in [2.45, 2.75) is 30.6 Å². The van der Waals surface area contributed by atoms with E-state index in [1.54, 1.807) is 30.3 Å². The number of hydrogen-bond donors (Lipinski definition) is 1. The van der Waals surface area contributed by atoms with Crippen molar-refractivity contribution in [2.75, 3.05) is 18.4 Å². The Labute approximate surface area is 179 Å². The maximum absolute atomic E-state index is 13.1. The number of sulfonamides is 1. The van der Waals surface area contributed by atoms with Crippen LogP contribution in [0.5, 0.6) is 0 Å². The molecule has 1 aliphatic heterocycles. The number of anilines is 1. The van der Waals surface area contributed by atoms with Crippen LogP contribution in [0.4, 0.5) is 5.69 Å². The zero-order valence-corrected chi connectivity index (χ0v) is 18.1. The highest BCUT2D eigenvalue weighted by atomic mass is 32.2. The van der Waals surface area contributed by atoms with Gasteiger partial charge >= 0.3 is 0 Å². The molecule has 1 amide bonds. The predicted octanol–water partition coefficient (Wildman–Crippen LogP) is 3.67. The highest BCUT2D eigenvalue weighted by Crippen LogP contribution is 2.32. The monoisotopic (exact) mass is 442 g/mol. The lowest BCUT2D eigenvalue weighted by Crippen LogP contribution is -2.39. The van der Waals surface area contributed by atoms with E-state index in [9.17, 15) is 13.2 Å². The molecule has 1 aromatic heterocycles. The average Bonchev–Trinajstić information content (AvgIpc) is 3.25. The number of aromatic nitrogens is 2. The number of carbonyl (C=O) groups is 1. The summed E-state index contributed by atoms with van der Waals surface area (Å²) < 4.78 is 27.6. The second-order valence-corrected chi connectivity index (χ2v) is 10.2. The molecule has 1 atom stereocenters. The van der Waals surface area contributed by atoms with Gasteiger partial charge in [-0.05, 0) is 49.6 Å². The van der Waals surface area contributed by atoms with Crippen molar-refractivity contribution in [3.8, 4) is 0 Å². The summed E-state index contributed by atoms with van der Waals surface area (Å²) in [5.41, 5.74) is 1.59. The number of hydrogen-bond acceptors (Lipinski definition) is 6. The minimum Gasteiger partial charge on any atom is -0.320 e. The van der Waals surface area contributed by atoms with Crippen LogP contribution in [-0.4, -0.2) is 41.9 Å². The van der Waals surface area contributed by atoms with Crippen LogP contribution in [0.15, 0.2) is 59.5 Å². The summed E-state index contributed by atoms with van der Waals surface area (Å²) in [6, 6.07) is 16.1. The smallest absolute Gasteiger partial charge is 0.286 e. The molecule has 0 spiro atoms. The highest BCUT2D eigenvalue weighted by Gasteiger charge is 2.32. The standard InChI is InChI=1S/C21H22N4O3S2/c1-15-7-5-11-18(13-15)30(27,28)25-12-6-8-16(14-25)20-23-24-21(29-20)19(26)22-17-9-3-2-4-10-17/h2-5,7,9-11,13,16H,6,8,12,14H2,1H3,(H,22,26)/t16-/m1/s1. The largest absolute Gasteiger partial charge is 0.320 e. The van der Waals surface area contributed by atoms with Gasteiger partial charge in [-0.2, -0.15) is 4.31 Å². The highest BCUT2D eigenvalue weighted by molar-refractivity contribution is 7.89. The number of nitrogens with one attached hydrogen (secondary N) is 1. The Bertz CT molecular complexity index is 1150. The van der Waals surface area contributed by atoms with Crippen molar-refractivity contribution in [2.24, 2.45) is 0 Å². The van der Waals surface area contributed by atoms with Gasteiger partial charge in [0, 0.05) is 24.7 Å². The molecule has 1 N–H and O–H groups in total. The summed E-state index contributed by atoms with van der Waals surface area (Å²) in [7, 11) is -3.57. The first-order chi connectivity index (χ1) is 14.4. The summed E-state index contributed by atoms with van der Waals surface area (Å²) in [5, 5.41) is 12.0. The number of nitrogens with zero attached hydrogens (tertiary/aromatic N) is 3. The zero-order chi connectivity index (χ0) is 21.1. The Kier molecular flexibility index (Phi) is 5.94. The van der Waals surface area contributed by atoms with Crippen molar-refractivity contribution in [1.82, 2.24) is 14.5 Å². The van der Waals surface area contributed by atoms with Crippen molar-refractivity contribution in [1.29, 1.82) is 0 Å². The summed E-state index contributed by atoms with van der Waals surface area (Å²) >= 11 is 1.22. The van der Waals surface area contributed by atoms with Crippen molar-refractivity contribution in [3.63, 3.8) is 0 Å². The maximum atomic E-state index is 13.1. The fraction of sp³-hybridized carbons (Fsp3) is 0.286. The quantitative estimate of drug-likeness (QED) is 0.651. The van der Waals surface area contributed by atoms with E-state index in [1.807, 2.05) is 31.2 Å². The molecular weight excluding hydrogens is 420 g/mol. The summed E-state index contributed by atoms with van der Waals surface area (Å²) in [6.07, 6.45) is 1.55. The van der Waals surface area contributed by atoms with Crippen LogP contribution < -0.4 is 5.32 Å². The van der Waals surface area contributed by atoms with Gasteiger partial charge < -0.3 is 5.32 Å². The van der Waals surface area contributed by atoms with Crippen LogP contribution >= 0.6 is 11.3 Å². The third kappa shape index (κ3) is 4.43. The Morgan fingerprint density at radius 2 is 1.93 bits per heavy atom. The van der Waals surface area contributed by atoms with E-state index in [1.165, 1.54) is 15.6 Å². The van der Waals surface area contributed by atoms with Crippen LogP contribution in [0.25, 0.3) is 0 Å². The van der Waals surface area contributed by atoms with Gasteiger partial charge in [0.25, 0.3) is 5.91 Å². The summed E-state index contributed by atoms with van der Waals surface area (Å²) in [6.45, 7) is 2.69. The van der Waals surface area contributed by atoms with Crippen LogP contribution in [0.3, 0.4) is 0 Å². The SMILES string of the molecule is Cc1cccc(S(=O)(=O)N2CCC[C@@H](c3nnc(C(=O)Nc4ccccc4)s3)C2)c1. The van der Waals surface area contributed by atoms with Crippen molar-refractivity contribution < 1.29 is 13.2 Å². The molecule has 4 rings (SSSR count). The molecule has 7 nitrogen and oxygen atoms in total. The molecule has 1 saturated heterocycles. The van der Waals surface area contributed by atoms with Gasteiger partial charge in [-0.25, -0.2) is 8.42 Å². The molecule has 30 heavy (non-hydrogen) atoms. The molecule has 0 radical (unpaired) electrons. The maximum Gasteiger partial charge on any atom is 0.286 e. The van der Waals surface area contributed by atoms with Gasteiger partial charge in [-0.15, -0.1) is 10.2 Å². The van der Waals surface area contributed by atoms with E-state index >= 15 is 0 Å². The molecule has 1 fully saturated rings. The second kappa shape index (κ2) is 8.63. The first kappa shape index (κ1) is 20.6. The molecule has 3 aromatic rings. The van der Waals surface area contributed by atoms with Crippen molar-refractivity contribution >= 4 is 33.0 Å². The molecule has 9 heteroatoms. The minimum atomic E-state index is -3.57. The number of carbonyl (C=O) groups excluding carboxylic acids is 1. The third-order valence-electron chi connectivity index (χ3n) is 5.03. The molecule has 2 aromatic carbocycles. The second-order valence-electron chi connectivity index (χ2n) is 7.28. The molecule has 0 bridgehead atoms. The van der Waals surface area contributed by atoms with Gasteiger partial charge in [0.05, 0.1) is 4.90 Å². The zero-order valence-electron chi connectivity index (χ0n) is 16.5. The summed E-state index contributed by atoms with van der Waals surface area (Å²) in [4.78, 5) is 12.7. The molecule has 156 valence electrons. The molecule has 0 unspecified atom stereocenters. The molecule has 2 heterocycles. The first-order valence-electron chi connectivity index (χ1n) is 9.70. The Balaban J connectivity index is 1.48. The van der Waals surface area contributed by atoms with Crippen LogP contribution in [-0.2, 0) is 10.0 Å². The van der Waals surface area contributed by atoms with E-state index < -0.39 is 10.0 Å². The van der Waals surface area contributed by atoms with Gasteiger partial charge in [0.1, 0.15) is 5.01 Å². The Morgan fingerprint density at radius 1 is 1.13 bits per heavy atom. The minimum absolute atomic E-state index is 0.0749. The van der Waals surface area contributed by atoms with Crippen molar-refractivity contribution in [3.05, 3.63) is 70.2 Å². The lowest BCUT2D eigenvalue weighted by atomic mass is 10.0. The fourth-order valence-corrected chi connectivity index (χ4v) is 5.98. The first-order valence-corrected chi connectivity index (χ1v) is 12.0. The number of amides is 1. The fourth-order valence-electron chi connectivity index (χ4n) is 3.48. The Morgan fingerprint density at radius 3 is 2.70 bits per heavy atom. The Hall–Kier alpha value is -2.62. The molecule has 1 aliphatic rings. The molecule has 0 aliphatic carbocycles. The third-order valence-corrected chi connectivity index (χ3v) is 7.97. The van der Waals surface area contributed by atoms with Gasteiger partial charge in [-0.3, -0.25) is 4.79 Å². The molecule has 0 saturated carbocycles. The lowest BCUT2D eigenvalue weighted by Gasteiger charge is -2.30. The van der Waals surface area contributed by atoms with E-state index in [2.05, 4.69) is 15.5 Å². The molecular formula is C21H22N4O3S2. The van der Waals surface area contributed by atoms with Gasteiger partial charge in [0.2, 0.25) is 15.0 Å².